The Morgan fingerprint density at radius 2 is 2.16 bits per heavy atom. The van der Waals surface area contributed by atoms with Gasteiger partial charge in [0.2, 0.25) is 0 Å². The predicted octanol–water partition coefficient (Wildman–Crippen LogP) is 2.12. The molecule has 0 radical (unpaired) electrons. The van der Waals surface area contributed by atoms with Crippen molar-refractivity contribution in [3.05, 3.63) is 35.9 Å². The standard InChI is InChI=1S/C14H23N5/c1-4-6-14(15-5-2)12-7-8-19(9-12)11-13-10-18(3)17-16-13/h7-10,14-15H,4-6,11H2,1-3H3. The van der Waals surface area contributed by atoms with Crippen LogP contribution in [-0.2, 0) is 13.6 Å². The van der Waals surface area contributed by atoms with Crippen molar-refractivity contribution < 1.29 is 0 Å². The summed E-state index contributed by atoms with van der Waals surface area (Å²) in [6.45, 7) is 6.15. The molecule has 0 aliphatic carbocycles. The Morgan fingerprint density at radius 1 is 1.32 bits per heavy atom. The largest absolute Gasteiger partial charge is 0.348 e. The van der Waals surface area contributed by atoms with Crippen LogP contribution in [0.25, 0.3) is 0 Å². The zero-order valence-electron chi connectivity index (χ0n) is 12.0. The first-order valence-corrected chi connectivity index (χ1v) is 6.97. The normalized spacial score (nSPS) is 12.8. The van der Waals surface area contributed by atoms with Gasteiger partial charge in [-0.05, 0) is 24.6 Å². The third-order valence-electron chi connectivity index (χ3n) is 3.20. The average Bonchev–Trinajstić information content (AvgIpc) is 2.99. The summed E-state index contributed by atoms with van der Waals surface area (Å²) in [6, 6.07) is 2.65. The SMILES string of the molecule is CCCC(NCC)c1ccn(Cc2cn(C)nn2)c1. The van der Waals surface area contributed by atoms with Gasteiger partial charge in [0.05, 0.1) is 6.54 Å². The van der Waals surface area contributed by atoms with Crippen LogP contribution in [0.3, 0.4) is 0 Å². The molecule has 0 spiro atoms. The number of aryl methyl sites for hydroxylation is 1. The molecule has 1 unspecified atom stereocenters. The number of rotatable bonds is 7. The molecule has 0 fully saturated rings. The highest BCUT2D eigenvalue weighted by Gasteiger charge is 2.10. The van der Waals surface area contributed by atoms with Crippen LogP contribution in [0.2, 0.25) is 0 Å². The fourth-order valence-electron chi connectivity index (χ4n) is 2.34. The average molecular weight is 261 g/mol. The van der Waals surface area contributed by atoms with E-state index in [1.807, 2.05) is 13.2 Å². The van der Waals surface area contributed by atoms with Crippen molar-refractivity contribution in [2.45, 2.75) is 39.3 Å². The van der Waals surface area contributed by atoms with Gasteiger partial charge >= 0.3 is 0 Å². The van der Waals surface area contributed by atoms with Gasteiger partial charge < -0.3 is 9.88 Å². The molecule has 2 aromatic heterocycles. The molecule has 2 heterocycles. The van der Waals surface area contributed by atoms with E-state index in [-0.39, 0.29) is 0 Å². The molecule has 1 N–H and O–H groups in total. The predicted molar refractivity (Wildman–Crippen MR) is 75.9 cm³/mol. The molecule has 2 rings (SSSR count). The maximum atomic E-state index is 4.11. The maximum absolute atomic E-state index is 4.11. The van der Waals surface area contributed by atoms with Crippen molar-refractivity contribution in [3.8, 4) is 0 Å². The first-order chi connectivity index (χ1) is 9.22. The van der Waals surface area contributed by atoms with Crippen molar-refractivity contribution in [1.82, 2.24) is 24.9 Å². The van der Waals surface area contributed by atoms with Crippen LogP contribution in [0.4, 0.5) is 0 Å². The number of aromatic nitrogens is 4. The van der Waals surface area contributed by atoms with Gasteiger partial charge in [0, 0.05) is 31.7 Å². The van der Waals surface area contributed by atoms with Crippen molar-refractivity contribution >= 4 is 0 Å². The Morgan fingerprint density at radius 3 is 2.79 bits per heavy atom. The molecule has 19 heavy (non-hydrogen) atoms. The van der Waals surface area contributed by atoms with Gasteiger partial charge in [0.15, 0.2) is 0 Å². The van der Waals surface area contributed by atoms with E-state index in [2.05, 4.69) is 52.5 Å². The Bertz CT molecular complexity index is 493. The first kappa shape index (κ1) is 13.8. The van der Waals surface area contributed by atoms with Crippen LogP contribution in [0.5, 0.6) is 0 Å². The molecule has 2 aromatic rings. The molecular formula is C14H23N5. The van der Waals surface area contributed by atoms with Crippen LogP contribution < -0.4 is 5.32 Å². The fraction of sp³-hybridized carbons (Fsp3) is 0.571. The number of hydrogen-bond donors (Lipinski definition) is 1. The second-order valence-electron chi connectivity index (χ2n) is 4.90. The van der Waals surface area contributed by atoms with Crippen LogP contribution >= 0.6 is 0 Å². The Hall–Kier alpha value is -1.62. The van der Waals surface area contributed by atoms with E-state index in [1.54, 1.807) is 4.68 Å². The van der Waals surface area contributed by atoms with Gasteiger partial charge in [-0.2, -0.15) is 0 Å². The monoisotopic (exact) mass is 261 g/mol. The summed E-state index contributed by atoms with van der Waals surface area (Å²) >= 11 is 0. The molecule has 0 saturated carbocycles. The minimum Gasteiger partial charge on any atom is -0.348 e. The summed E-state index contributed by atoms with van der Waals surface area (Å²) in [6.07, 6.45) is 8.63. The maximum Gasteiger partial charge on any atom is 0.102 e. The fourth-order valence-corrected chi connectivity index (χ4v) is 2.34. The molecule has 0 amide bonds. The Balaban J connectivity index is 2.04. The molecule has 104 valence electrons. The van der Waals surface area contributed by atoms with Crippen LogP contribution in [0.1, 0.15) is 44.0 Å². The molecule has 0 aromatic carbocycles. The van der Waals surface area contributed by atoms with Gasteiger partial charge in [-0.15, -0.1) is 5.10 Å². The number of nitrogens with one attached hydrogen (secondary N) is 1. The second kappa shape index (κ2) is 6.52. The summed E-state index contributed by atoms with van der Waals surface area (Å²) in [7, 11) is 1.89. The van der Waals surface area contributed by atoms with Crippen LogP contribution in [0, 0.1) is 0 Å². The number of hydrogen-bond acceptors (Lipinski definition) is 3. The highest BCUT2D eigenvalue weighted by Crippen LogP contribution is 2.19. The summed E-state index contributed by atoms with van der Waals surface area (Å²) in [4.78, 5) is 0. The minimum atomic E-state index is 0.457. The smallest absolute Gasteiger partial charge is 0.102 e. The van der Waals surface area contributed by atoms with Crippen LogP contribution in [-0.4, -0.2) is 26.1 Å². The van der Waals surface area contributed by atoms with E-state index in [0.717, 1.165) is 18.8 Å². The van der Waals surface area contributed by atoms with E-state index in [1.165, 1.54) is 18.4 Å². The molecule has 1 atom stereocenters. The summed E-state index contributed by atoms with van der Waals surface area (Å²) < 4.78 is 3.90. The molecule has 0 saturated heterocycles. The molecular weight excluding hydrogens is 238 g/mol. The Kier molecular flexibility index (Phi) is 4.74. The summed E-state index contributed by atoms with van der Waals surface area (Å²) in [5, 5.41) is 11.6. The van der Waals surface area contributed by atoms with Gasteiger partial charge in [-0.3, -0.25) is 4.68 Å². The van der Waals surface area contributed by atoms with E-state index in [4.69, 9.17) is 0 Å². The highest BCUT2D eigenvalue weighted by molar-refractivity contribution is 5.16. The van der Waals surface area contributed by atoms with E-state index >= 15 is 0 Å². The summed E-state index contributed by atoms with van der Waals surface area (Å²) in [5.74, 6) is 0. The van der Waals surface area contributed by atoms with Gasteiger partial charge in [-0.25, -0.2) is 0 Å². The van der Waals surface area contributed by atoms with Crippen molar-refractivity contribution in [3.63, 3.8) is 0 Å². The Labute approximate surface area is 114 Å². The summed E-state index contributed by atoms with van der Waals surface area (Å²) in [5.41, 5.74) is 2.34. The van der Waals surface area contributed by atoms with E-state index < -0.39 is 0 Å². The number of nitrogens with zero attached hydrogens (tertiary/aromatic N) is 4. The minimum absolute atomic E-state index is 0.457. The lowest BCUT2D eigenvalue weighted by Crippen LogP contribution is -2.20. The molecule has 0 aliphatic rings. The highest BCUT2D eigenvalue weighted by atomic mass is 15.4. The lowest BCUT2D eigenvalue weighted by Gasteiger charge is -2.15. The van der Waals surface area contributed by atoms with Gasteiger partial charge in [-0.1, -0.05) is 25.5 Å². The first-order valence-electron chi connectivity index (χ1n) is 6.97. The molecule has 5 heteroatoms. The van der Waals surface area contributed by atoms with Crippen molar-refractivity contribution in [2.75, 3.05) is 6.54 Å². The van der Waals surface area contributed by atoms with Crippen molar-refractivity contribution in [2.24, 2.45) is 7.05 Å². The van der Waals surface area contributed by atoms with E-state index in [0.29, 0.717) is 6.04 Å². The topological polar surface area (TPSA) is 47.7 Å². The lowest BCUT2D eigenvalue weighted by molar-refractivity contribution is 0.508. The van der Waals surface area contributed by atoms with Crippen LogP contribution in [0.15, 0.2) is 24.7 Å². The molecule has 5 nitrogen and oxygen atoms in total. The van der Waals surface area contributed by atoms with Crippen molar-refractivity contribution in [1.29, 1.82) is 0 Å². The zero-order chi connectivity index (χ0) is 13.7. The zero-order valence-corrected chi connectivity index (χ0v) is 12.0. The molecule has 0 bridgehead atoms. The second-order valence-corrected chi connectivity index (χ2v) is 4.90. The quantitative estimate of drug-likeness (QED) is 0.830. The third kappa shape index (κ3) is 3.67. The van der Waals surface area contributed by atoms with E-state index in [9.17, 15) is 0 Å². The molecule has 0 aliphatic heterocycles. The van der Waals surface area contributed by atoms with Gasteiger partial charge in [0.1, 0.15) is 5.69 Å². The lowest BCUT2D eigenvalue weighted by atomic mass is 10.1. The third-order valence-corrected chi connectivity index (χ3v) is 3.20. The van der Waals surface area contributed by atoms with Gasteiger partial charge in [0.25, 0.3) is 0 Å².